The fraction of sp³-hybridized carbons (Fsp3) is 0.208. The molecular formula is C24H20ClF3N6O2. The number of carbonyl (C=O) groups is 1. The Morgan fingerprint density at radius 2 is 1.75 bits per heavy atom. The zero-order valence-corrected chi connectivity index (χ0v) is 19.5. The van der Waals surface area contributed by atoms with E-state index in [1.54, 1.807) is 28.9 Å². The van der Waals surface area contributed by atoms with Crippen LogP contribution in [0.3, 0.4) is 0 Å². The first-order chi connectivity index (χ1) is 17.3. The van der Waals surface area contributed by atoms with Gasteiger partial charge in [-0.1, -0.05) is 23.7 Å². The third kappa shape index (κ3) is 5.07. The van der Waals surface area contributed by atoms with Gasteiger partial charge in [-0.3, -0.25) is 0 Å². The van der Waals surface area contributed by atoms with Crippen molar-refractivity contribution in [1.82, 2.24) is 14.6 Å². The predicted molar refractivity (Wildman–Crippen MR) is 131 cm³/mol. The molecule has 0 unspecified atom stereocenters. The van der Waals surface area contributed by atoms with Crippen LogP contribution >= 0.6 is 11.6 Å². The Labute approximate surface area is 208 Å². The number of nitrogens with zero attached hydrogens (tertiary/aromatic N) is 4. The average Bonchev–Trinajstić information content (AvgIpc) is 3.30. The lowest BCUT2D eigenvalue weighted by molar-refractivity contribution is -0.137. The van der Waals surface area contributed by atoms with Gasteiger partial charge in [0.2, 0.25) is 0 Å². The van der Waals surface area contributed by atoms with E-state index in [0.717, 1.165) is 42.3 Å². The normalized spacial score (nSPS) is 14.2. The lowest BCUT2D eigenvalue weighted by Crippen LogP contribution is -2.36. The topological polar surface area (TPSA) is 83.8 Å². The molecule has 5 rings (SSSR count). The summed E-state index contributed by atoms with van der Waals surface area (Å²) in [4.78, 5) is 19.0. The largest absolute Gasteiger partial charge is 0.417 e. The molecule has 1 fully saturated rings. The van der Waals surface area contributed by atoms with Crippen LogP contribution in [0.1, 0.15) is 5.56 Å². The second-order valence-corrected chi connectivity index (χ2v) is 8.46. The van der Waals surface area contributed by atoms with Crippen LogP contribution in [0.25, 0.3) is 16.9 Å². The highest BCUT2D eigenvalue weighted by Gasteiger charge is 2.33. The van der Waals surface area contributed by atoms with E-state index >= 15 is 0 Å². The van der Waals surface area contributed by atoms with Crippen molar-refractivity contribution in [3.05, 3.63) is 71.4 Å². The van der Waals surface area contributed by atoms with Crippen LogP contribution in [-0.2, 0) is 10.9 Å². The molecule has 2 aromatic carbocycles. The van der Waals surface area contributed by atoms with Gasteiger partial charge < -0.3 is 20.3 Å². The maximum atomic E-state index is 13.1. The van der Waals surface area contributed by atoms with Crippen LogP contribution in [0.15, 0.2) is 60.8 Å². The number of benzene rings is 2. The molecule has 1 aliphatic heterocycles. The maximum absolute atomic E-state index is 13.1. The van der Waals surface area contributed by atoms with E-state index in [1.165, 1.54) is 6.07 Å². The number of hydrogen-bond acceptors (Lipinski definition) is 5. The molecular weight excluding hydrogens is 497 g/mol. The summed E-state index contributed by atoms with van der Waals surface area (Å²) >= 11 is 5.64. The van der Waals surface area contributed by atoms with E-state index in [-0.39, 0.29) is 5.69 Å². The molecule has 0 atom stereocenters. The Bertz CT molecular complexity index is 1420. The molecule has 0 saturated carbocycles. The molecule has 0 bridgehead atoms. The summed E-state index contributed by atoms with van der Waals surface area (Å²) in [7, 11) is 0. The molecule has 2 aromatic heterocycles. The molecule has 12 heteroatoms. The van der Waals surface area contributed by atoms with Gasteiger partial charge >= 0.3 is 12.2 Å². The second-order valence-electron chi connectivity index (χ2n) is 8.05. The lowest BCUT2D eigenvalue weighted by Gasteiger charge is -2.26. The molecule has 0 aliphatic carbocycles. The Hall–Kier alpha value is -3.83. The fourth-order valence-corrected chi connectivity index (χ4v) is 4.14. The number of carbonyl (C=O) groups excluding carboxylic acids is 1. The molecule has 8 nitrogen and oxygen atoms in total. The van der Waals surface area contributed by atoms with Crippen LogP contribution in [0, 0.1) is 0 Å². The number of rotatable bonds is 4. The van der Waals surface area contributed by atoms with Gasteiger partial charge in [-0.05, 0) is 36.4 Å². The minimum absolute atomic E-state index is 0.0385. The number of amides is 2. The minimum atomic E-state index is -4.64. The zero-order valence-electron chi connectivity index (χ0n) is 18.7. The summed E-state index contributed by atoms with van der Waals surface area (Å²) in [5.41, 5.74) is 1.58. The summed E-state index contributed by atoms with van der Waals surface area (Å²) in [5.74, 6) is 0.799. The molecule has 3 heterocycles. The van der Waals surface area contributed by atoms with Crippen molar-refractivity contribution in [3.63, 3.8) is 0 Å². The summed E-state index contributed by atoms with van der Waals surface area (Å²) in [6, 6.07) is 13.2. The van der Waals surface area contributed by atoms with Crippen LogP contribution in [0.2, 0.25) is 5.02 Å². The van der Waals surface area contributed by atoms with Crippen molar-refractivity contribution >= 4 is 40.5 Å². The number of aromatic nitrogens is 3. The van der Waals surface area contributed by atoms with Crippen LogP contribution in [-0.4, -0.2) is 46.9 Å². The van der Waals surface area contributed by atoms with Crippen molar-refractivity contribution in [3.8, 4) is 11.3 Å². The number of halogens is 4. The van der Waals surface area contributed by atoms with Crippen molar-refractivity contribution in [2.75, 3.05) is 41.8 Å². The fourth-order valence-electron chi connectivity index (χ4n) is 3.92. The number of hydrogen-bond donors (Lipinski definition) is 2. The van der Waals surface area contributed by atoms with Crippen LogP contribution in [0.4, 0.5) is 35.2 Å². The van der Waals surface area contributed by atoms with Gasteiger partial charge in [0.05, 0.1) is 29.5 Å². The molecule has 4 aromatic rings. The Balaban J connectivity index is 1.36. The van der Waals surface area contributed by atoms with Gasteiger partial charge in [-0.2, -0.15) is 13.2 Å². The zero-order chi connectivity index (χ0) is 25.3. The number of alkyl halides is 3. The first kappa shape index (κ1) is 23.9. The molecule has 186 valence electrons. The van der Waals surface area contributed by atoms with Gasteiger partial charge in [-0.15, -0.1) is 5.10 Å². The summed E-state index contributed by atoms with van der Waals surface area (Å²) in [5, 5.41) is 9.33. The van der Waals surface area contributed by atoms with Gasteiger partial charge in [0.25, 0.3) is 0 Å². The van der Waals surface area contributed by atoms with Gasteiger partial charge in [-0.25, -0.2) is 14.3 Å². The molecule has 2 N–H and O–H groups in total. The smallest absolute Gasteiger partial charge is 0.378 e. The highest BCUT2D eigenvalue weighted by molar-refractivity contribution is 6.31. The summed E-state index contributed by atoms with van der Waals surface area (Å²) in [6.07, 6.45) is -2.95. The Morgan fingerprint density at radius 3 is 2.50 bits per heavy atom. The molecule has 1 saturated heterocycles. The van der Waals surface area contributed by atoms with E-state index in [2.05, 4.69) is 20.5 Å². The quantitative estimate of drug-likeness (QED) is 0.371. The second kappa shape index (κ2) is 9.67. The highest BCUT2D eigenvalue weighted by Crippen LogP contribution is 2.36. The number of ether oxygens (including phenoxy) is 1. The number of urea groups is 1. The SMILES string of the molecule is O=C(Nc1cccc(-c2ccnc3cc(N4CCOCC4)nn23)c1)Nc1ccc(Cl)c(C(F)(F)F)c1. The molecule has 2 amide bonds. The summed E-state index contributed by atoms with van der Waals surface area (Å²) < 4.78 is 46.5. The molecule has 36 heavy (non-hydrogen) atoms. The first-order valence-corrected chi connectivity index (χ1v) is 11.4. The average molecular weight is 517 g/mol. The van der Waals surface area contributed by atoms with Crippen molar-refractivity contribution in [1.29, 1.82) is 0 Å². The van der Waals surface area contributed by atoms with Gasteiger partial charge in [0.1, 0.15) is 0 Å². The van der Waals surface area contributed by atoms with Gasteiger partial charge in [0.15, 0.2) is 11.5 Å². The summed E-state index contributed by atoms with van der Waals surface area (Å²) in [6.45, 7) is 2.76. The first-order valence-electron chi connectivity index (χ1n) is 11.0. The molecule has 0 radical (unpaired) electrons. The van der Waals surface area contributed by atoms with E-state index in [4.69, 9.17) is 21.4 Å². The number of nitrogens with one attached hydrogen (secondary N) is 2. The molecule has 1 aliphatic rings. The van der Waals surface area contributed by atoms with Gasteiger partial charge in [0, 0.05) is 42.3 Å². The number of fused-ring (bicyclic) bond motifs is 1. The monoisotopic (exact) mass is 516 g/mol. The van der Waals surface area contributed by atoms with Crippen molar-refractivity contribution < 1.29 is 22.7 Å². The van der Waals surface area contributed by atoms with Crippen LogP contribution in [0.5, 0.6) is 0 Å². The Morgan fingerprint density at radius 1 is 1.00 bits per heavy atom. The van der Waals surface area contributed by atoms with Crippen molar-refractivity contribution in [2.45, 2.75) is 6.18 Å². The third-order valence-corrected chi connectivity index (χ3v) is 5.96. The Kier molecular flexibility index (Phi) is 6.42. The van der Waals surface area contributed by atoms with Crippen LogP contribution < -0.4 is 15.5 Å². The minimum Gasteiger partial charge on any atom is -0.378 e. The predicted octanol–water partition coefficient (Wildman–Crippen LogP) is 5.55. The lowest BCUT2D eigenvalue weighted by atomic mass is 10.1. The van der Waals surface area contributed by atoms with E-state index in [1.807, 2.05) is 18.2 Å². The third-order valence-electron chi connectivity index (χ3n) is 5.63. The molecule has 0 spiro atoms. The maximum Gasteiger partial charge on any atom is 0.417 e. The van der Waals surface area contributed by atoms with E-state index in [0.29, 0.717) is 24.5 Å². The van der Waals surface area contributed by atoms with Crippen molar-refractivity contribution in [2.24, 2.45) is 0 Å². The highest BCUT2D eigenvalue weighted by atomic mass is 35.5. The standard InChI is InChI=1S/C24H20ClF3N6O2/c25-19-5-4-17(13-18(19)24(26,27)28)31-23(35)30-16-3-1-2-15(12-16)20-6-7-29-21-14-22(32-34(20)21)33-8-10-36-11-9-33/h1-7,12-14H,8-11H2,(H2,30,31,35). The number of anilines is 3. The number of morpholine rings is 1. The van der Waals surface area contributed by atoms with E-state index in [9.17, 15) is 18.0 Å². The van der Waals surface area contributed by atoms with E-state index < -0.39 is 22.8 Å².